The first kappa shape index (κ1) is 23.9. The van der Waals surface area contributed by atoms with Gasteiger partial charge >= 0.3 is 0 Å². The molecule has 13 heteroatoms. The number of hydrogen-bond donors (Lipinski definition) is 1. The molecular formula is C24H27F3N8O2. The van der Waals surface area contributed by atoms with Crippen LogP contribution in [0.1, 0.15) is 13.3 Å². The summed E-state index contributed by atoms with van der Waals surface area (Å²) in [7, 11) is 1.51. The molecule has 0 radical (unpaired) electrons. The molecule has 5 heterocycles. The van der Waals surface area contributed by atoms with Crippen molar-refractivity contribution in [1.29, 1.82) is 0 Å². The van der Waals surface area contributed by atoms with E-state index >= 15 is 0 Å². The van der Waals surface area contributed by atoms with Crippen molar-refractivity contribution in [3.05, 3.63) is 30.5 Å². The Balaban J connectivity index is 1.28. The number of piperidine rings is 1. The number of nitrogens with one attached hydrogen (secondary N) is 1. The van der Waals surface area contributed by atoms with Crippen LogP contribution < -0.4 is 10.1 Å². The molecule has 3 aromatic heterocycles. The van der Waals surface area contributed by atoms with Gasteiger partial charge in [-0.15, -0.1) is 10.2 Å². The number of methoxy groups -OCH3 is 1. The van der Waals surface area contributed by atoms with Crippen molar-refractivity contribution < 1.29 is 22.6 Å². The Morgan fingerprint density at radius 2 is 2.08 bits per heavy atom. The fourth-order valence-corrected chi connectivity index (χ4v) is 4.96. The molecule has 0 spiro atoms. The highest BCUT2D eigenvalue weighted by atomic mass is 19.3. The van der Waals surface area contributed by atoms with E-state index in [1.807, 2.05) is 12.1 Å². The number of ether oxygens (including phenoxy) is 2. The fourth-order valence-electron chi connectivity index (χ4n) is 4.96. The van der Waals surface area contributed by atoms with Gasteiger partial charge in [-0.3, -0.25) is 4.90 Å². The monoisotopic (exact) mass is 516 g/mol. The van der Waals surface area contributed by atoms with Gasteiger partial charge in [-0.1, -0.05) is 11.3 Å². The Kier molecular flexibility index (Phi) is 5.91. The minimum Gasteiger partial charge on any atom is -0.479 e. The Hall–Kier alpha value is -3.45. The van der Waals surface area contributed by atoms with Gasteiger partial charge in [-0.2, -0.15) is 4.98 Å². The van der Waals surface area contributed by atoms with E-state index in [1.54, 1.807) is 22.8 Å². The summed E-state index contributed by atoms with van der Waals surface area (Å²) in [5, 5.41) is 15.6. The molecule has 6 rings (SSSR count). The van der Waals surface area contributed by atoms with Crippen LogP contribution in [0.15, 0.2) is 30.5 Å². The van der Waals surface area contributed by atoms with E-state index in [0.29, 0.717) is 54.7 Å². The van der Waals surface area contributed by atoms with E-state index in [2.05, 4.69) is 30.6 Å². The maximum absolute atomic E-state index is 15.0. The summed E-state index contributed by atoms with van der Waals surface area (Å²) in [5.41, 5.74) is 3.11. The van der Waals surface area contributed by atoms with E-state index in [9.17, 15) is 13.2 Å². The summed E-state index contributed by atoms with van der Waals surface area (Å²) in [6.45, 7) is 2.71. The van der Waals surface area contributed by atoms with Crippen molar-refractivity contribution in [2.75, 3.05) is 38.7 Å². The maximum Gasteiger partial charge on any atom is 0.264 e. The molecule has 4 aromatic rings. The maximum atomic E-state index is 15.0. The van der Waals surface area contributed by atoms with Crippen molar-refractivity contribution in [2.24, 2.45) is 0 Å². The first-order chi connectivity index (χ1) is 17.8. The average molecular weight is 517 g/mol. The highest BCUT2D eigenvalue weighted by molar-refractivity contribution is 5.89. The summed E-state index contributed by atoms with van der Waals surface area (Å²) < 4.78 is 55.9. The number of rotatable bonds is 7. The first-order valence-electron chi connectivity index (χ1n) is 12.2. The van der Waals surface area contributed by atoms with Crippen molar-refractivity contribution >= 4 is 22.5 Å². The number of alkyl halides is 3. The molecule has 2 aliphatic heterocycles. The summed E-state index contributed by atoms with van der Waals surface area (Å²) >= 11 is 0. The van der Waals surface area contributed by atoms with E-state index in [4.69, 9.17) is 9.47 Å². The third-order valence-corrected chi connectivity index (χ3v) is 6.95. The Morgan fingerprint density at radius 3 is 2.78 bits per heavy atom. The number of hydrogen-bond acceptors (Lipinski definition) is 8. The third kappa shape index (κ3) is 4.57. The van der Waals surface area contributed by atoms with Gasteiger partial charge in [0.05, 0.1) is 37.9 Å². The summed E-state index contributed by atoms with van der Waals surface area (Å²) in [4.78, 5) is 6.65. The lowest BCUT2D eigenvalue weighted by molar-refractivity contribution is -0.0794. The van der Waals surface area contributed by atoms with Gasteiger partial charge in [0.2, 0.25) is 11.8 Å². The van der Waals surface area contributed by atoms with Crippen molar-refractivity contribution in [3.8, 4) is 17.0 Å². The molecule has 0 bridgehead atoms. The molecule has 0 unspecified atom stereocenters. The van der Waals surface area contributed by atoms with Crippen molar-refractivity contribution in [3.63, 3.8) is 0 Å². The molecule has 0 amide bonds. The predicted octanol–water partition coefficient (Wildman–Crippen LogP) is 3.03. The Morgan fingerprint density at radius 1 is 1.24 bits per heavy atom. The third-order valence-electron chi connectivity index (χ3n) is 6.95. The predicted molar refractivity (Wildman–Crippen MR) is 130 cm³/mol. The number of anilines is 1. The highest BCUT2D eigenvalue weighted by Crippen LogP contribution is 2.33. The van der Waals surface area contributed by atoms with E-state index in [1.165, 1.54) is 11.8 Å². The van der Waals surface area contributed by atoms with Gasteiger partial charge in [-0.25, -0.2) is 22.4 Å². The van der Waals surface area contributed by atoms with Crippen LogP contribution in [-0.4, -0.2) is 92.1 Å². The van der Waals surface area contributed by atoms with Gasteiger partial charge in [0.1, 0.15) is 23.7 Å². The van der Waals surface area contributed by atoms with Crippen LogP contribution in [0.5, 0.6) is 5.88 Å². The van der Waals surface area contributed by atoms with E-state index < -0.39 is 24.7 Å². The SMILES string of the molecule is COc1nc(N[C@H]2CCN(C3COC3)C[C@@H]2F)nn2ccc(-c3ccc4nnn(CC(C)(F)F)c4c3)c12. The number of nitrogens with zero attached hydrogens (tertiary/aromatic N) is 7. The zero-order valence-corrected chi connectivity index (χ0v) is 20.4. The molecule has 2 fully saturated rings. The largest absolute Gasteiger partial charge is 0.479 e. The van der Waals surface area contributed by atoms with Crippen LogP contribution in [-0.2, 0) is 11.3 Å². The zero-order valence-electron chi connectivity index (χ0n) is 20.4. The van der Waals surface area contributed by atoms with Crippen molar-refractivity contribution in [2.45, 2.75) is 44.1 Å². The molecule has 0 aliphatic carbocycles. The highest BCUT2D eigenvalue weighted by Gasteiger charge is 2.35. The molecule has 10 nitrogen and oxygen atoms in total. The number of aromatic nitrogens is 6. The fraction of sp³-hybridized carbons (Fsp3) is 0.500. The minimum atomic E-state index is -2.93. The molecule has 1 N–H and O–H groups in total. The van der Waals surface area contributed by atoms with E-state index in [0.717, 1.165) is 24.6 Å². The zero-order chi connectivity index (χ0) is 25.7. The van der Waals surface area contributed by atoms with Crippen LogP contribution in [0, 0.1) is 0 Å². The van der Waals surface area contributed by atoms with Crippen LogP contribution in [0.25, 0.3) is 27.7 Å². The van der Waals surface area contributed by atoms with Crippen molar-refractivity contribution in [1.82, 2.24) is 34.5 Å². The van der Waals surface area contributed by atoms with Gasteiger partial charge in [0, 0.05) is 31.8 Å². The van der Waals surface area contributed by atoms with Crippen LogP contribution >= 0.6 is 0 Å². The Labute approximate surface area is 210 Å². The lowest BCUT2D eigenvalue weighted by atomic mass is 10.0. The molecule has 1 aromatic carbocycles. The van der Waals surface area contributed by atoms with Gasteiger partial charge < -0.3 is 14.8 Å². The average Bonchev–Trinajstić information content (AvgIpc) is 3.42. The van der Waals surface area contributed by atoms with Gasteiger partial charge in [0.15, 0.2) is 0 Å². The minimum absolute atomic E-state index is 0.266. The van der Waals surface area contributed by atoms with Gasteiger partial charge in [0.25, 0.3) is 5.92 Å². The quantitative estimate of drug-likeness (QED) is 0.401. The second kappa shape index (κ2) is 9.14. The first-order valence-corrected chi connectivity index (χ1v) is 12.2. The lowest BCUT2D eigenvalue weighted by Crippen LogP contribution is -2.57. The molecule has 2 saturated heterocycles. The van der Waals surface area contributed by atoms with Crippen LogP contribution in [0.3, 0.4) is 0 Å². The molecule has 37 heavy (non-hydrogen) atoms. The Bertz CT molecular complexity index is 1430. The molecule has 2 aliphatic rings. The topological polar surface area (TPSA) is 94.6 Å². The van der Waals surface area contributed by atoms with Gasteiger partial charge in [-0.05, 0) is 30.2 Å². The standard InChI is InChI=1S/C24H27F3N8O2/c1-24(26,27)13-35-20-9-14(3-4-19(20)30-32-35)16-5-8-34-21(16)22(36-2)29-23(31-34)28-18-6-7-33(10-17(18)25)15-11-37-12-15/h3-5,8-9,15,17-18H,6-7,10-13H2,1-2H3,(H,28,31)/t17-,18-/m0/s1. The van der Waals surface area contributed by atoms with Crippen LogP contribution in [0.2, 0.25) is 0 Å². The lowest BCUT2D eigenvalue weighted by Gasteiger charge is -2.42. The molecule has 2 atom stereocenters. The molecule has 0 saturated carbocycles. The second-order valence-corrected chi connectivity index (χ2v) is 9.73. The molecular weight excluding hydrogens is 489 g/mol. The van der Waals surface area contributed by atoms with Crippen LogP contribution in [0.4, 0.5) is 19.1 Å². The summed E-state index contributed by atoms with van der Waals surface area (Å²) in [6.07, 6.45) is 1.31. The number of likely N-dealkylation sites (tertiary alicyclic amines) is 1. The smallest absolute Gasteiger partial charge is 0.264 e. The summed E-state index contributed by atoms with van der Waals surface area (Å²) in [5.74, 6) is -2.35. The number of fused-ring (bicyclic) bond motifs is 2. The van der Waals surface area contributed by atoms with E-state index in [-0.39, 0.29) is 5.95 Å². The number of halogens is 3. The summed E-state index contributed by atoms with van der Waals surface area (Å²) in [6, 6.07) is 7.06. The normalized spacial score (nSPS) is 21.4. The number of benzene rings is 1. The molecule has 196 valence electrons. The second-order valence-electron chi connectivity index (χ2n) is 9.73.